The van der Waals surface area contributed by atoms with Crippen molar-refractivity contribution in [3.8, 4) is 0 Å². The molecule has 0 aromatic carbocycles. The van der Waals surface area contributed by atoms with Gasteiger partial charge in [0.15, 0.2) is 9.84 Å². The maximum Gasteiger partial charge on any atom is 0.164 e. The Hall–Kier alpha value is -0.0300. The zero-order chi connectivity index (χ0) is 9.61. The van der Waals surface area contributed by atoms with Crippen LogP contribution < -0.4 is 0 Å². The van der Waals surface area contributed by atoms with Crippen LogP contribution in [-0.2, 0) is 14.6 Å². The molecule has 0 rings (SSSR count). The summed E-state index contributed by atoms with van der Waals surface area (Å²) in [6.45, 7) is 4.14. The molecule has 0 saturated heterocycles. The average molecular weight is 257 g/mol. The number of hydrogen-bond acceptors (Lipinski definition) is 3. The van der Waals surface area contributed by atoms with Crippen molar-refractivity contribution in [1.29, 1.82) is 0 Å². The quantitative estimate of drug-likeness (QED) is 0.556. The van der Waals surface area contributed by atoms with Crippen molar-refractivity contribution in [3.05, 3.63) is 11.8 Å². The highest BCUT2D eigenvalue weighted by Crippen LogP contribution is 2.03. The SMILES string of the molecule is CCO/C=C(\C)CS(=O)(=O)CBr. The standard InChI is InChI=1S/C7H13BrO3S/c1-3-11-4-7(2)5-12(9,10)6-8/h4H,3,5-6H2,1-2H3/b7-4+. The molecule has 0 bridgehead atoms. The second-order valence-electron chi connectivity index (χ2n) is 2.42. The predicted molar refractivity (Wildman–Crippen MR) is 53.0 cm³/mol. The van der Waals surface area contributed by atoms with Gasteiger partial charge in [-0.15, -0.1) is 0 Å². The van der Waals surface area contributed by atoms with Gasteiger partial charge in [0.2, 0.25) is 0 Å². The number of halogens is 1. The summed E-state index contributed by atoms with van der Waals surface area (Å²) >= 11 is 2.91. The molecule has 0 aliphatic rings. The second kappa shape index (κ2) is 5.59. The Morgan fingerprint density at radius 3 is 2.58 bits per heavy atom. The minimum atomic E-state index is -2.98. The lowest BCUT2D eigenvalue weighted by Gasteiger charge is -2.00. The molecule has 0 unspecified atom stereocenters. The molecule has 0 atom stereocenters. The molecule has 0 fully saturated rings. The van der Waals surface area contributed by atoms with Gasteiger partial charge in [0.1, 0.15) is 4.66 Å². The highest BCUT2D eigenvalue weighted by molar-refractivity contribution is 9.10. The van der Waals surface area contributed by atoms with Gasteiger partial charge in [0.05, 0.1) is 18.6 Å². The Labute approximate surface area is 81.8 Å². The average Bonchev–Trinajstić information content (AvgIpc) is 2.00. The molecule has 5 heteroatoms. The van der Waals surface area contributed by atoms with Gasteiger partial charge in [-0.25, -0.2) is 8.42 Å². The molecular weight excluding hydrogens is 244 g/mol. The Balaban J connectivity index is 4.09. The summed E-state index contributed by atoms with van der Waals surface area (Å²) in [5.41, 5.74) is 0.719. The summed E-state index contributed by atoms with van der Waals surface area (Å²) in [6.07, 6.45) is 1.49. The van der Waals surface area contributed by atoms with Gasteiger partial charge >= 0.3 is 0 Å². The summed E-state index contributed by atoms with van der Waals surface area (Å²) < 4.78 is 27.0. The van der Waals surface area contributed by atoms with Crippen molar-refractivity contribution in [2.24, 2.45) is 0 Å². The molecule has 3 nitrogen and oxygen atoms in total. The zero-order valence-electron chi connectivity index (χ0n) is 7.21. The van der Waals surface area contributed by atoms with E-state index in [4.69, 9.17) is 4.74 Å². The number of ether oxygens (including phenoxy) is 1. The van der Waals surface area contributed by atoms with Crippen molar-refractivity contribution >= 4 is 25.8 Å². The minimum Gasteiger partial charge on any atom is -0.502 e. The van der Waals surface area contributed by atoms with E-state index in [2.05, 4.69) is 15.9 Å². The van der Waals surface area contributed by atoms with Crippen LogP contribution in [0.15, 0.2) is 11.8 Å². The van der Waals surface area contributed by atoms with E-state index in [-0.39, 0.29) is 10.4 Å². The van der Waals surface area contributed by atoms with Gasteiger partial charge in [-0.3, -0.25) is 0 Å². The lowest BCUT2D eigenvalue weighted by atomic mass is 10.4. The fraction of sp³-hybridized carbons (Fsp3) is 0.714. The summed E-state index contributed by atoms with van der Waals surface area (Å²) in [6, 6.07) is 0. The van der Waals surface area contributed by atoms with Crippen LogP contribution >= 0.6 is 15.9 Å². The van der Waals surface area contributed by atoms with Gasteiger partial charge in [-0.2, -0.15) is 0 Å². The third-order valence-corrected chi connectivity index (χ3v) is 4.39. The Morgan fingerprint density at radius 2 is 2.17 bits per heavy atom. The van der Waals surface area contributed by atoms with Crippen LogP contribution in [0.1, 0.15) is 13.8 Å². The van der Waals surface area contributed by atoms with Crippen LogP contribution in [-0.4, -0.2) is 25.4 Å². The zero-order valence-corrected chi connectivity index (χ0v) is 9.61. The molecule has 0 radical (unpaired) electrons. The third kappa shape index (κ3) is 5.60. The van der Waals surface area contributed by atoms with Crippen LogP contribution in [0, 0.1) is 0 Å². The van der Waals surface area contributed by atoms with Crippen LogP contribution in [0.2, 0.25) is 0 Å². The Morgan fingerprint density at radius 1 is 1.58 bits per heavy atom. The minimum absolute atomic E-state index is 0.00267. The smallest absolute Gasteiger partial charge is 0.164 e. The fourth-order valence-corrected chi connectivity index (χ4v) is 1.97. The van der Waals surface area contributed by atoms with Crippen molar-refractivity contribution in [2.45, 2.75) is 13.8 Å². The molecule has 0 aromatic rings. The first kappa shape index (κ1) is 12.0. The van der Waals surface area contributed by atoms with Crippen LogP contribution in [0.5, 0.6) is 0 Å². The molecule has 0 N–H and O–H groups in total. The van der Waals surface area contributed by atoms with Gasteiger partial charge in [0.25, 0.3) is 0 Å². The highest BCUT2D eigenvalue weighted by atomic mass is 79.9. The van der Waals surface area contributed by atoms with Gasteiger partial charge in [0, 0.05) is 0 Å². The molecule has 12 heavy (non-hydrogen) atoms. The van der Waals surface area contributed by atoms with E-state index in [9.17, 15) is 8.42 Å². The van der Waals surface area contributed by atoms with Gasteiger partial charge < -0.3 is 4.74 Å². The third-order valence-electron chi connectivity index (χ3n) is 1.07. The molecule has 0 aliphatic carbocycles. The van der Waals surface area contributed by atoms with Gasteiger partial charge in [-0.1, -0.05) is 15.9 Å². The normalized spacial score (nSPS) is 13.1. The van der Waals surface area contributed by atoms with E-state index in [0.29, 0.717) is 6.61 Å². The molecule has 0 heterocycles. The van der Waals surface area contributed by atoms with E-state index >= 15 is 0 Å². The maximum absolute atomic E-state index is 11.0. The van der Waals surface area contributed by atoms with E-state index in [0.717, 1.165) is 5.57 Å². The summed E-state index contributed by atoms with van der Waals surface area (Å²) in [5.74, 6) is 0.0538. The fourth-order valence-electron chi connectivity index (χ4n) is 0.645. The van der Waals surface area contributed by atoms with Gasteiger partial charge in [-0.05, 0) is 19.4 Å². The van der Waals surface area contributed by atoms with Crippen molar-refractivity contribution in [3.63, 3.8) is 0 Å². The highest BCUT2D eigenvalue weighted by Gasteiger charge is 2.08. The summed E-state index contributed by atoms with van der Waals surface area (Å²) in [4.78, 5) is 0. The van der Waals surface area contributed by atoms with Crippen molar-refractivity contribution in [1.82, 2.24) is 0 Å². The summed E-state index contributed by atoms with van der Waals surface area (Å²) in [7, 11) is -2.98. The first-order chi connectivity index (χ1) is 5.52. The first-order valence-electron chi connectivity index (χ1n) is 3.55. The molecular formula is C7H13BrO3S. The monoisotopic (exact) mass is 256 g/mol. The van der Waals surface area contributed by atoms with Crippen LogP contribution in [0.25, 0.3) is 0 Å². The molecule has 0 amide bonds. The van der Waals surface area contributed by atoms with E-state index in [1.807, 2.05) is 6.92 Å². The molecule has 0 saturated carbocycles. The predicted octanol–water partition coefficient (Wildman–Crippen LogP) is 1.69. The number of sulfone groups is 1. The molecule has 72 valence electrons. The number of rotatable bonds is 5. The second-order valence-corrected chi connectivity index (χ2v) is 5.78. The molecule has 0 spiro atoms. The summed E-state index contributed by atoms with van der Waals surface area (Å²) in [5, 5.41) is 0. The van der Waals surface area contributed by atoms with Crippen molar-refractivity contribution in [2.75, 3.05) is 17.0 Å². The lowest BCUT2D eigenvalue weighted by molar-refractivity contribution is 0.266. The Bertz CT molecular complexity index is 243. The van der Waals surface area contributed by atoms with E-state index < -0.39 is 9.84 Å². The molecule has 0 aliphatic heterocycles. The van der Waals surface area contributed by atoms with E-state index in [1.165, 1.54) is 6.26 Å². The van der Waals surface area contributed by atoms with E-state index in [1.54, 1.807) is 6.92 Å². The Kier molecular flexibility index (Phi) is 5.57. The van der Waals surface area contributed by atoms with Crippen molar-refractivity contribution < 1.29 is 13.2 Å². The molecule has 0 aromatic heterocycles. The lowest BCUT2D eigenvalue weighted by Crippen LogP contribution is -2.08. The first-order valence-corrected chi connectivity index (χ1v) is 6.49. The largest absolute Gasteiger partial charge is 0.502 e. The number of alkyl halides is 1. The van der Waals surface area contributed by atoms with Crippen LogP contribution in [0.3, 0.4) is 0 Å². The maximum atomic E-state index is 11.0. The number of hydrogen-bond donors (Lipinski definition) is 0. The van der Waals surface area contributed by atoms with Crippen LogP contribution in [0.4, 0.5) is 0 Å². The topological polar surface area (TPSA) is 43.4 Å².